The Morgan fingerprint density at radius 3 is 2.81 bits per heavy atom. The van der Waals surface area contributed by atoms with E-state index in [4.69, 9.17) is 5.73 Å². The number of hydrogen-bond donors (Lipinski definition) is 1. The van der Waals surface area contributed by atoms with Crippen molar-refractivity contribution < 1.29 is 9.53 Å². The van der Waals surface area contributed by atoms with Crippen LogP contribution in [0.15, 0.2) is 6.07 Å². The van der Waals surface area contributed by atoms with Crippen LogP contribution in [0, 0.1) is 0 Å². The topological polar surface area (TPSA) is 70.1 Å². The first kappa shape index (κ1) is 12.7. The fourth-order valence-corrected chi connectivity index (χ4v) is 1.59. The van der Waals surface area contributed by atoms with Gasteiger partial charge in [-0.25, -0.2) is 0 Å². The van der Waals surface area contributed by atoms with Crippen LogP contribution in [0.5, 0.6) is 0 Å². The number of nitrogens with two attached hydrogens (primary N) is 1. The van der Waals surface area contributed by atoms with Crippen LogP contribution in [-0.2, 0) is 28.9 Å². The Kier molecular flexibility index (Phi) is 4.49. The van der Waals surface area contributed by atoms with Crippen molar-refractivity contribution in [2.75, 3.05) is 7.11 Å². The van der Waals surface area contributed by atoms with Gasteiger partial charge in [-0.3, -0.25) is 9.48 Å². The van der Waals surface area contributed by atoms with Gasteiger partial charge in [0.1, 0.15) is 6.04 Å². The molecule has 2 N–H and O–H groups in total. The molecule has 5 heteroatoms. The Bertz CT molecular complexity index is 360. The van der Waals surface area contributed by atoms with E-state index in [1.54, 1.807) is 0 Å². The molecule has 1 aromatic heterocycles. The van der Waals surface area contributed by atoms with Crippen LogP contribution in [0.2, 0.25) is 0 Å². The Balaban J connectivity index is 2.79. The van der Waals surface area contributed by atoms with Crippen LogP contribution in [0.3, 0.4) is 0 Å². The zero-order chi connectivity index (χ0) is 12.1. The van der Waals surface area contributed by atoms with Crippen LogP contribution < -0.4 is 5.73 Å². The number of aromatic nitrogens is 2. The first-order valence-electron chi connectivity index (χ1n) is 5.51. The third kappa shape index (κ3) is 2.82. The minimum Gasteiger partial charge on any atom is -0.468 e. The highest BCUT2D eigenvalue weighted by atomic mass is 16.5. The molecule has 0 aromatic carbocycles. The maximum absolute atomic E-state index is 11.2. The molecule has 0 saturated heterocycles. The van der Waals surface area contributed by atoms with Crippen molar-refractivity contribution >= 4 is 5.97 Å². The van der Waals surface area contributed by atoms with Crippen LogP contribution in [0.1, 0.15) is 25.2 Å². The molecule has 1 heterocycles. The number of nitrogens with zero attached hydrogens (tertiary/aromatic N) is 2. The number of methoxy groups -OCH3 is 1. The second-order valence-electron chi connectivity index (χ2n) is 3.63. The summed E-state index contributed by atoms with van der Waals surface area (Å²) in [4.78, 5) is 11.2. The quantitative estimate of drug-likeness (QED) is 0.741. The van der Waals surface area contributed by atoms with Crippen molar-refractivity contribution in [1.82, 2.24) is 9.78 Å². The normalized spacial score (nSPS) is 12.5. The van der Waals surface area contributed by atoms with E-state index in [1.807, 2.05) is 24.6 Å². The van der Waals surface area contributed by atoms with E-state index in [0.29, 0.717) is 6.42 Å². The van der Waals surface area contributed by atoms with Gasteiger partial charge >= 0.3 is 5.97 Å². The molecule has 0 saturated carbocycles. The number of carbonyl (C=O) groups excluding carboxylic acids is 1. The summed E-state index contributed by atoms with van der Waals surface area (Å²) in [6.07, 6.45) is 1.35. The lowest BCUT2D eigenvalue weighted by Gasteiger charge is -2.09. The minimum atomic E-state index is -0.614. The zero-order valence-corrected chi connectivity index (χ0v) is 10.1. The standard InChI is InChI=1S/C11H19N3O2/c1-4-8-6-9(14(5-2)13-8)7-10(12)11(15)16-3/h6,10H,4-5,7,12H2,1-3H3. The second-order valence-corrected chi connectivity index (χ2v) is 3.63. The molecule has 1 atom stereocenters. The molecule has 0 aliphatic heterocycles. The SMILES string of the molecule is CCc1cc(CC(N)C(=O)OC)n(CC)n1. The van der Waals surface area contributed by atoms with Crippen molar-refractivity contribution in [3.8, 4) is 0 Å². The number of carbonyl (C=O) groups is 1. The van der Waals surface area contributed by atoms with E-state index in [-0.39, 0.29) is 5.97 Å². The molecule has 1 aromatic rings. The highest BCUT2D eigenvalue weighted by molar-refractivity contribution is 5.75. The summed E-state index contributed by atoms with van der Waals surface area (Å²) in [7, 11) is 1.34. The summed E-state index contributed by atoms with van der Waals surface area (Å²) in [6.45, 7) is 4.84. The van der Waals surface area contributed by atoms with Gasteiger partial charge in [-0.1, -0.05) is 6.92 Å². The average Bonchev–Trinajstić information content (AvgIpc) is 2.70. The maximum Gasteiger partial charge on any atom is 0.323 e. The highest BCUT2D eigenvalue weighted by Crippen LogP contribution is 2.08. The van der Waals surface area contributed by atoms with Crippen molar-refractivity contribution in [1.29, 1.82) is 0 Å². The van der Waals surface area contributed by atoms with Gasteiger partial charge in [-0.15, -0.1) is 0 Å². The number of esters is 1. The molecule has 0 radical (unpaired) electrons. The third-order valence-electron chi connectivity index (χ3n) is 2.51. The van der Waals surface area contributed by atoms with E-state index >= 15 is 0 Å². The molecule has 16 heavy (non-hydrogen) atoms. The molecule has 0 aliphatic rings. The van der Waals surface area contributed by atoms with Crippen molar-refractivity contribution in [2.45, 2.75) is 39.3 Å². The molecule has 1 unspecified atom stereocenters. The summed E-state index contributed by atoms with van der Waals surface area (Å²) in [5.41, 5.74) is 7.72. The van der Waals surface area contributed by atoms with Crippen molar-refractivity contribution in [3.05, 3.63) is 17.5 Å². The Morgan fingerprint density at radius 2 is 2.31 bits per heavy atom. The fourth-order valence-electron chi connectivity index (χ4n) is 1.59. The number of ether oxygens (including phenoxy) is 1. The second kappa shape index (κ2) is 5.65. The third-order valence-corrected chi connectivity index (χ3v) is 2.51. The van der Waals surface area contributed by atoms with Crippen LogP contribution in [-0.4, -0.2) is 28.9 Å². The lowest BCUT2D eigenvalue weighted by Crippen LogP contribution is -2.34. The summed E-state index contributed by atoms with van der Waals surface area (Å²) < 4.78 is 6.47. The summed E-state index contributed by atoms with van der Waals surface area (Å²) in [6, 6.07) is 1.38. The predicted octanol–water partition coefficient (Wildman–Crippen LogP) is 0.508. The molecule has 0 spiro atoms. The molecule has 0 aliphatic carbocycles. The predicted molar refractivity (Wildman–Crippen MR) is 61.0 cm³/mol. The van der Waals surface area contributed by atoms with Gasteiger partial charge in [0.2, 0.25) is 0 Å². The van der Waals surface area contributed by atoms with Crippen LogP contribution >= 0.6 is 0 Å². The lowest BCUT2D eigenvalue weighted by atomic mass is 10.1. The molecule has 0 bridgehead atoms. The van der Waals surface area contributed by atoms with Gasteiger partial charge in [0, 0.05) is 18.7 Å². The molecule has 0 fully saturated rings. The number of aryl methyl sites for hydroxylation is 2. The number of hydrogen-bond acceptors (Lipinski definition) is 4. The Labute approximate surface area is 95.6 Å². The first-order chi connectivity index (χ1) is 7.62. The van der Waals surface area contributed by atoms with Crippen molar-refractivity contribution in [3.63, 3.8) is 0 Å². The van der Waals surface area contributed by atoms with E-state index in [1.165, 1.54) is 7.11 Å². The van der Waals surface area contributed by atoms with Gasteiger partial charge in [0.15, 0.2) is 0 Å². The molecular weight excluding hydrogens is 206 g/mol. The molecule has 0 amide bonds. The van der Waals surface area contributed by atoms with Gasteiger partial charge < -0.3 is 10.5 Å². The van der Waals surface area contributed by atoms with E-state index in [9.17, 15) is 4.79 Å². The van der Waals surface area contributed by atoms with Gasteiger partial charge in [-0.2, -0.15) is 5.10 Å². The summed E-state index contributed by atoms with van der Waals surface area (Å²) in [5, 5.41) is 4.39. The highest BCUT2D eigenvalue weighted by Gasteiger charge is 2.17. The zero-order valence-electron chi connectivity index (χ0n) is 10.1. The Hall–Kier alpha value is -1.36. The van der Waals surface area contributed by atoms with E-state index < -0.39 is 6.04 Å². The molecule has 90 valence electrons. The van der Waals surface area contributed by atoms with Gasteiger partial charge in [0.05, 0.1) is 12.8 Å². The summed E-state index contributed by atoms with van der Waals surface area (Å²) in [5.74, 6) is -0.387. The Morgan fingerprint density at radius 1 is 1.62 bits per heavy atom. The first-order valence-corrected chi connectivity index (χ1v) is 5.51. The van der Waals surface area contributed by atoms with Crippen LogP contribution in [0.25, 0.3) is 0 Å². The molecule has 5 nitrogen and oxygen atoms in total. The van der Waals surface area contributed by atoms with Crippen molar-refractivity contribution in [2.24, 2.45) is 5.73 Å². The molecule has 1 rings (SSSR count). The monoisotopic (exact) mass is 225 g/mol. The fraction of sp³-hybridized carbons (Fsp3) is 0.636. The van der Waals surface area contributed by atoms with Crippen LogP contribution in [0.4, 0.5) is 0 Å². The van der Waals surface area contributed by atoms with E-state index in [0.717, 1.165) is 24.4 Å². The largest absolute Gasteiger partial charge is 0.468 e. The maximum atomic E-state index is 11.2. The number of rotatable bonds is 5. The molecular formula is C11H19N3O2. The average molecular weight is 225 g/mol. The van der Waals surface area contributed by atoms with E-state index in [2.05, 4.69) is 9.84 Å². The smallest absolute Gasteiger partial charge is 0.323 e. The van der Waals surface area contributed by atoms with Gasteiger partial charge in [-0.05, 0) is 19.4 Å². The lowest BCUT2D eigenvalue weighted by molar-refractivity contribution is -0.142. The summed E-state index contributed by atoms with van der Waals surface area (Å²) >= 11 is 0. The van der Waals surface area contributed by atoms with Gasteiger partial charge in [0.25, 0.3) is 0 Å². The minimum absolute atomic E-state index is 0.387.